The summed E-state index contributed by atoms with van der Waals surface area (Å²) in [7, 11) is 0. The zero-order valence-electron chi connectivity index (χ0n) is 17.5. The van der Waals surface area contributed by atoms with Gasteiger partial charge in [0.25, 0.3) is 5.91 Å². The summed E-state index contributed by atoms with van der Waals surface area (Å²) in [6.07, 6.45) is 7.36. The minimum absolute atomic E-state index is 0.0613. The SMILES string of the molecule is CC(=O)c1ccc(C(ONC(=O)c2ccccc2)C23CC4CC(CC(C4)C2)C3)cc1. The largest absolute Gasteiger partial charge is 0.295 e. The maximum Gasteiger partial charge on any atom is 0.274 e. The van der Waals surface area contributed by atoms with Crippen LogP contribution in [0.1, 0.15) is 77.8 Å². The van der Waals surface area contributed by atoms with E-state index in [1.54, 1.807) is 19.1 Å². The zero-order valence-corrected chi connectivity index (χ0v) is 17.5. The van der Waals surface area contributed by atoms with Gasteiger partial charge in [0.05, 0.1) is 0 Å². The molecular weight excluding hydrogens is 374 g/mol. The van der Waals surface area contributed by atoms with Crippen molar-refractivity contribution in [2.45, 2.75) is 51.6 Å². The van der Waals surface area contributed by atoms with Crippen molar-refractivity contribution in [2.24, 2.45) is 23.2 Å². The smallest absolute Gasteiger partial charge is 0.274 e. The quantitative estimate of drug-likeness (QED) is 0.511. The van der Waals surface area contributed by atoms with Crippen molar-refractivity contribution in [1.29, 1.82) is 0 Å². The number of carbonyl (C=O) groups is 2. The predicted molar refractivity (Wildman–Crippen MR) is 115 cm³/mol. The topological polar surface area (TPSA) is 55.4 Å². The van der Waals surface area contributed by atoms with Gasteiger partial charge >= 0.3 is 0 Å². The third-order valence-electron chi connectivity index (χ3n) is 7.57. The highest BCUT2D eigenvalue weighted by atomic mass is 16.7. The Balaban J connectivity index is 1.43. The molecule has 1 amide bonds. The van der Waals surface area contributed by atoms with Gasteiger partial charge in [-0.05, 0) is 80.9 Å². The van der Waals surface area contributed by atoms with Crippen LogP contribution in [-0.2, 0) is 4.84 Å². The standard InChI is InChI=1S/C26H29NO3/c1-17(28)21-7-9-22(10-8-21)24(30-27-25(29)23-5-3-2-4-6-23)26-14-18-11-19(15-26)13-20(12-18)16-26/h2-10,18-20,24H,11-16H2,1H3,(H,27,29). The van der Waals surface area contributed by atoms with Crippen LogP contribution < -0.4 is 5.48 Å². The molecule has 1 atom stereocenters. The molecule has 2 aromatic carbocycles. The van der Waals surface area contributed by atoms with Gasteiger partial charge in [0, 0.05) is 16.5 Å². The number of ketones is 1. The average molecular weight is 404 g/mol. The molecule has 4 nitrogen and oxygen atoms in total. The minimum Gasteiger partial charge on any atom is -0.295 e. The second kappa shape index (κ2) is 7.66. The average Bonchev–Trinajstić information content (AvgIpc) is 2.73. The molecule has 0 radical (unpaired) electrons. The first-order chi connectivity index (χ1) is 14.5. The number of Topliss-reactive ketones (excluding diaryl/α,β-unsaturated/α-hetero) is 1. The maximum absolute atomic E-state index is 12.7. The highest BCUT2D eigenvalue weighted by Gasteiger charge is 2.55. The first kappa shape index (κ1) is 19.5. The Bertz CT molecular complexity index is 899. The first-order valence-corrected chi connectivity index (χ1v) is 11.1. The van der Waals surface area contributed by atoms with Crippen molar-refractivity contribution < 1.29 is 14.4 Å². The molecule has 0 heterocycles. The van der Waals surface area contributed by atoms with E-state index in [0.29, 0.717) is 11.1 Å². The van der Waals surface area contributed by atoms with Crippen molar-refractivity contribution in [2.75, 3.05) is 0 Å². The maximum atomic E-state index is 12.7. The van der Waals surface area contributed by atoms with E-state index >= 15 is 0 Å². The van der Waals surface area contributed by atoms with E-state index in [0.717, 1.165) is 23.3 Å². The molecule has 4 heteroatoms. The lowest BCUT2D eigenvalue weighted by atomic mass is 9.47. The van der Waals surface area contributed by atoms with Crippen LogP contribution in [0.3, 0.4) is 0 Å². The lowest BCUT2D eigenvalue weighted by Crippen LogP contribution is -2.50. The van der Waals surface area contributed by atoms with Crippen LogP contribution >= 0.6 is 0 Å². The fraction of sp³-hybridized carbons (Fsp3) is 0.462. The van der Waals surface area contributed by atoms with Gasteiger partial charge in [-0.3, -0.25) is 14.4 Å². The third-order valence-corrected chi connectivity index (χ3v) is 7.57. The number of rotatable bonds is 6. The summed E-state index contributed by atoms with van der Waals surface area (Å²) in [4.78, 5) is 30.6. The van der Waals surface area contributed by atoms with Crippen molar-refractivity contribution in [3.8, 4) is 0 Å². The van der Waals surface area contributed by atoms with Crippen LogP contribution in [0.5, 0.6) is 0 Å². The second-order valence-electron chi connectivity index (χ2n) is 9.75. The molecule has 4 saturated carbocycles. The molecule has 2 aromatic rings. The first-order valence-electron chi connectivity index (χ1n) is 11.1. The number of carbonyl (C=O) groups excluding carboxylic acids is 2. The fourth-order valence-electron chi connectivity index (χ4n) is 6.70. The van der Waals surface area contributed by atoms with E-state index in [9.17, 15) is 9.59 Å². The molecule has 0 saturated heterocycles. The summed E-state index contributed by atoms with van der Waals surface area (Å²) >= 11 is 0. The van der Waals surface area contributed by atoms with Crippen LogP contribution in [0.25, 0.3) is 0 Å². The number of benzene rings is 2. The summed E-state index contributed by atoms with van der Waals surface area (Å²) in [5.41, 5.74) is 5.17. The van der Waals surface area contributed by atoms with Crippen molar-refractivity contribution in [1.82, 2.24) is 5.48 Å². The van der Waals surface area contributed by atoms with E-state index in [1.165, 1.54) is 38.5 Å². The van der Waals surface area contributed by atoms with E-state index in [4.69, 9.17) is 4.84 Å². The molecule has 4 fully saturated rings. The molecule has 4 aliphatic carbocycles. The number of hydroxylamine groups is 1. The van der Waals surface area contributed by atoms with Gasteiger partial charge in [0.15, 0.2) is 5.78 Å². The van der Waals surface area contributed by atoms with E-state index in [2.05, 4.69) is 5.48 Å². The van der Waals surface area contributed by atoms with Crippen LogP contribution in [0.15, 0.2) is 54.6 Å². The molecule has 0 aromatic heterocycles. The van der Waals surface area contributed by atoms with Crippen molar-refractivity contribution in [3.63, 3.8) is 0 Å². The molecule has 156 valence electrons. The van der Waals surface area contributed by atoms with Gasteiger partial charge < -0.3 is 0 Å². The highest BCUT2D eigenvalue weighted by Crippen LogP contribution is 2.64. The summed E-state index contributed by atoms with van der Waals surface area (Å²) < 4.78 is 0. The number of nitrogens with one attached hydrogen (secondary N) is 1. The van der Waals surface area contributed by atoms with E-state index in [-0.39, 0.29) is 23.2 Å². The molecule has 4 aliphatic rings. The summed E-state index contributed by atoms with van der Waals surface area (Å²) in [6.45, 7) is 1.59. The highest BCUT2D eigenvalue weighted by molar-refractivity contribution is 5.94. The minimum atomic E-state index is -0.217. The van der Waals surface area contributed by atoms with Gasteiger partial charge in [0.1, 0.15) is 6.10 Å². The van der Waals surface area contributed by atoms with Crippen molar-refractivity contribution in [3.05, 3.63) is 71.3 Å². The third kappa shape index (κ3) is 3.58. The molecular formula is C26H29NO3. The number of hydrogen-bond donors (Lipinski definition) is 1. The Morgan fingerprint density at radius 2 is 1.43 bits per heavy atom. The number of amides is 1. The fourth-order valence-corrected chi connectivity index (χ4v) is 6.70. The molecule has 30 heavy (non-hydrogen) atoms. The predicted octanol–water partition coefficient (Wildman–Crippen LogP) is 5.51. The monoisotopic (exact) mass is 403 g/mol. The summed E-state index contributed by atoms with van der Waals surface area (Å²) in [6, 6.07) is 17.0. The zero-order chi connectivity index (χ0) is 20.7. The molecule has 1 N–H and O–H groups in total. The Morgan fingerprint density at radius 3 is 1.97 bits per heavy atom. The molecule has 4 bridgehead atoms. The number of hydrogen-bond acceptors (Lipinski definition) is 3. The van der Waals surface area contributed by atoms with Gasteiger partial charge in [-0.2, -0.15) is 0 Å². The van der Waals surface area contributed by atoms with Gasteiger partial charge in [-0.1, -0.05) is 42.5 Å². The molecule has 0 aliphatic heterocycles. The van der Waals surface area contributed by atoms with E-state index in [1.807, 2.05) is 42.5 Å². The Labute approximate surface area is 178 Å². The Hall–Kier alpha value is -2.46. The second-order valence-corrected chi connectivity index (χ2v) is 9.75. The Kier molecular flexibility index (Phi) is 4.98. The van der Waals surface area contributed by atoms with Gasteiger partial charge in [0.2, 0.25) is 0 Å². The summed E-state index contributed by atoms with van der Waals surface area (Å²) in [5.74, 6) is 2.19. The Morgan fingerprint density at radius 1 is 0.867 bits per heavy atom. The van der Waals surface area contributed by atoms with Crippen molar-refractivity contribution >= 4 is 11.7 Å². The van der Waals surface area contributed by atoms with E-state index < -0.39 is 0 Å². The van der Waals surface area contributed by atoms with Crippen LogP contribution in [0.4, 0.5) is 0 Å². The molecule has 0 spiro atoms. The molecule has 6 rings (SSSR count). The molecule has 1 unspecified atom stereocenters. The van der Waals surface area contributed by atoms with Gasteiger partial charge in [-0.15, -0.1) is 0 Å². The van der Waals surface area contributed by atoms with Crippen LogP contribution in [-0.4, -0.2) is 11.7 Å². The van der Waals surface area contributed by atoms with Gasteiger partial charge in [-0.25, -0.2) is 5.48 Å². The van der Waals surface area contributed by atoms with Crippen LogP contribution in [0, 0.1) is 23.2 Å². The lowest BCUT2D eigenvalue weighted by Gasteiger charge is -2.59. The van der Waals surface area contributed by atoms with Crippen LogP contribution in [0.2, 0.25) is 0 Å². The lowest BCUT2D eigenvalue weighted by molar-refractivity contribution is -0.162. The summed E-state index contributed by atoms with van der Waals surface area (Å²) in [5, 5.41) is 0. The normalized spacial score (nSPS) is 30.1.